The first-order chi connectivity index (χ1) is 14.9. The predicted molar refractivity (Wildman–Crippen MR) is 115 cm³/mol. The molecule has 0 radical (unpaired) electrons. The van der Waals surface area contributed by atoms with Gasteiger partial charge in [0.1, 0.15) is 25.6 Å². The van der Waals surface area contributed by atoms with E-state index >= 15 is 0 Å². The summed E-state index contributed by atoms with van der Waals surface area (Å²) in [6.07, 6.45) is 2.99. The average Bonchev–Trinajstić information content (AvgIpc) is 2.71. The van der Waals surface area contributed by atoms with Gasteiger partial charge in [-0.15, -0.1) is 0 Å². The molecule has 162 valence electrons. The van der Waals surface area contributed by atoms with Gasteiger partial charge in [0, 0.05) is 22.5 Å². The summed E-state index contributed by atoms with van der Waals surface area (Å²) in [4.78, 5) is 25.1. The van der Waals surface area contributed by atoms with Gasteiger partial charge < -0.3 is 19.5 Å². The Balaban J connectivity index is 1.10. The minimum atomic E-state index is -0.182. The number of aryl methyl sites for hydroxylation is 1. The van der Waals surface area contributed by atoms with Crippen molar-refractivity contribution >= 4 is 23.3 Å². The van der Waals surface area contributed by atoms with Crippen molar-refractivity contribution in [3.8, 4) is 17.2 Å². The molecule has 1 N–H and O–H groups in total. The summed E-state index contributed by atoms with van der Waals surface area (Å²) < 4.78 is 16.7. The Bertz CT molecular complexity index is 1050. The monoisotopic (exact) mass is 441 g/mol. The molecule has 2 aromatic carbocycles. The summed E-state index contributed by atoms with van der Waals surface area (Å²) >= 11 is 6.02. The molecule has 2 bridgehead atoms. The number of ketones is 1. The van der Waals surface area contributed by atoms with Crippen LogP contribution in [-0.2, 0) is 4.79 Å². The van der Waals surface area contributed by atoms with E-state index in [1.54, 1.807) is 30.3 Å². The number of amides is 1. The van der Waals surface area contributed by atoms with Crippen LogP contribution in [0.3, 0.4) is 0 Å². The molecule has 6 rings (SSSR count). The van der Waals surface area contributed by atoms with Crippen molar-refractivity contribution < 1.29 is 23.8 Å². The maximum Gasteiger partial charge on any atom is 0.251 e. The summed E-state index contributed by atoms with van der Waals surface area (Å²) in [7, 11) is 0. The Morgan fingerprint density at radius 2 is 1.81 bits per heavy atom. The molecule has 4 aliphatic rings. The van der Waals surface area contributed by atoms with Crippen molar-refractivity contribution in [2.75, 3.05) is 19.8 Å². The molecule has 3 fully saturated rings. The average molecular weight is 442 g/mol. The van der Waals surface area contributed by atoms with E-state index in [9.17, 15) is 9.59 Å². The molecule has 3 aliphatic carbocycles. The highest BCUT2D eigenvalue weighted by Gasteiger charge is 2.68. The topological polar surface area (TPSA) is 73.9 Å². The van der Waals surface area contributed by atoms with Crippen molar-refractivity contribution in [2.24, 2.45) is 5.41 Å². The number of carbonyl (C=O) groups excluding carboxylic acids is 2. The Hall–Kier alpha value is -2.73. The third-order valence-electron chi connectivity index (χ3n) is 6.42. The second-order valence-corrected chi connectivity index (χ2v) is 9.45. The maximum atomic E-state index is 12.7. The predicted octanol–water partition coefficient (Wildman–Crippen LogP) is 4.11. The molecule has 31 heavy (non-hydrogen) atoms. The Morgan fingerprint density at radius 3 is 2.55 bits per heavy atom. The number of nitrogens with one attached hydrogen (secondary N) is 1. The summed E-state index contributed by atoms with van der Waals surface area (Å²) in [5.74, 6) is 1.89. The number of fused-ring (bicyclic) bond motifs is 1. The van der Waals surface area contributed by atoms with Gasteiger partial charge in [0.05, 0.1) is 0 Å². The smallest absolute Gasteiger partial charge is 0.251 e. The van der Waals surface area contributed by atoms with Crippen LogP contribution in [-0.4, -0.2) is 37.0 Å². The molecule has 2 aromatic rings. The van der Waals surface area contributed by atoms with Crippen LogP contribution in [0.25, 0.3) is 0 Å². The number of benzene rings is 2. The van der Waals surface area contributed by atoms with Crippen LogP contribution < -0.4 is 19.5 Å². The summed E-state index contributed by atoms with van der Waals surface area (Å²) in [5, 5.41) is 3.84. The molecule has 3 saturated carbocycles. The molecule has 1 aliphatic heterocycles. The fourth-order valence-electron chi connectivity index (χ4n) is 5.16. The summed E-state index contributed by atoms with van der Waals surface area (Å²) in [5.41, 5.74) is 1.31. The number of hydrogen-bond acceptors (Lipinski definition) is 5. The molecular weight excluding hydrogens is 418 g/mol. The standard InChI is InChI=1S/C24H24ClNO5/c1-15-8-18(3-4-19(15)25)31-11-17(27)10-23-12-24(13-23,14-23)26-22(28)16-2-5-20-21(9-16)30-7-6-29-20/h2-5,8-9H,6-7,10-14H2,1H3,(H,26,28). The first kappa shape index (κ1) is 20.2. The van der Waals surface area contributed by atoms with E-state index in [0.29, 0.717) is 47.5 Å². The van der Waals surface area contributed by atoms with E-state index in [1.807, 2.05) is 13.0 Å². The second-order valence-electron chi connectivity index (χ2n) is 9.04. The van der Waals surface area contributed by atoms with Crippen LogP contribution in [0.5, 0.6) is 17.2 Å². The van der Waals surface area contributed by atoms with Crippen molar-refractivity contribution in [2.45, 2.75) is 38.1 Å². The first-order valence-corrected chi connectivity index (χ1v) is 10.9. The van der Waals surface area contributed by atoms with Crippen LogP contribution in [0.1, 0.15) is 41.6 Å². The van der Waals surface area contributed by atoms with Crippen LogP contribution >= 0.6 is 11.6 Å². The lowest BCUT2D eigenvalue weighted by atomic mass is 9.38. The van der Waals surface area contributed by atoms with Gasteiger partial charge in [0.25, 0.3) is 5.91 Å². The van der Waals surface area contributed by atoms with Gasteiger partial charge in [-0.05, 0) is 73.6 Å². The number of Topliss-reactive ketones (excluding diaryl/α,β-unsaturated/α-hetero) is 1. The van der Waals surface area contributed by atoms with Gasteiger partial charge in [-0.1, -0.05) is 11.6 Å². The lowest BCUT2D eigenvalue weighted by Gasteiger charge is -2.70. The number of hydrogen-bond donors (Lipinski definition) is 1. The molecule has 1 amide bonds. The zero-order valence-electron chi connectivity index (χ0n) is 17.3. The SMILES string of the molecule is Cc1cc(OCC(=O)CC23CC(NC(=O)c4ccc5c(c4)OCCO5)(C2)C3)ccc1Cl. The Labute approximate surface area is 185 Å². The van der Waals surface area contributed by atoms with Crippen LogP contribution in [0.4, 0.5) is 0 Å². The highest BCUT2D eigenvalue weighted by molar-refractivity contribution is 6.31. The minimum absolute atomic E-state index is 0.0104. The van der Waals surface area contributed by atoms with Crippen molar-refractivity contribution in [1.82, 2.24) is 5.32 Å². The van der Waals surface area contributed by atoms with E-state index in [0.717, 1.165) is 24.8 Å². The zero-order chi connectivity index (χ0) is 21.6. The van der Waals surface area contributed by atoms with Gasteiger partial charge >= 0.3 is 0 Å². The fraction of sp³-hybridized carbons (Fsp3) is 0.417. The molecule has 0 spiro atoms. The molecule has 6 nitrogen and oxygen atoms in total. The molecule has 0 aromatic heterocycles. The molecule has 0 saturated heterocycles. The molecule has 0 unspecified atom stereocenters. The highest BCUT2D eigenvalue weighted by atomic mass is 35.5. The van der Waals surface area contributed by atoms with Crippen molar-refractivity contribution in [1.29, 1.82) is 0 Å². The second kappa shape index (κ2) is 7.45. The third-order valence-corrected chi connectivity index (χ3v) is 6.85. The number of rotatable bonds is 7. The minimum Gasteiger partial charge on any atom is -0.486 e. The van der Waals surface area contributed by atoms with E-state index in [2.05, 4.69) is 5.32 Å². The molecular formula is C24H24ClNO5. The van der Waals surface area contributed by atoms with Gasteiger partial charge in [0.15, 0.2) is 17.3 Å². The van der Waals surface area contributed by atoms with Gasteiger partial charge in [-0.2, -0.15) is 0 Å². The largest absolute Gasteiger partial charge is 0.486 e. The van der Waals surface area contributed by atoms with E-state index in [1.165, 1.54) is 0 Å². The van der Waals surface area contributed by atoms with Crippen LogP contribution in [0.15, 0.2) is 36.4 Å². The summed E-state index contributed by atoms with van der Waals surface area (Å²) in [6, 6.07) is 10.6. The first-order valence-electron chi connectivity index (χ1n) is 10.5. The maximum absolute atomic E-state index is 12.7. The van der Waals surface area contributed by atoms with Crippen molar-refractivity contribution in [3.63, 3.8) is 0 Å². The number of halogens is 1. The molecule has 0 atom stereocenters. The lowest BCUT2D eigenvalue weighted by Crippen LogP contribution is -2.75. The Morgan fingerprint density at radius 1 is 1.06 bits per heavy atom. The van der Waals surface area contributed by atoms with E-state index < -0.39 is 0 Å². The van der Waals surface area contributed by atoms with Gasteiger partial charge in [-0.25, -0.2) is 0 Å². The zero-order valence-corrected chi connectivity index (χ0v) is 18.1. The van der Waals surface area contributed by atoms with Crippen LogP contribution in [0, 0.1) is 12.3 Å². The normalized spacial score (nSPS) is 25.1. The summed E-state index contributed by atoms with van der Waals surface area (Å²) in [6.45, 7) is 2.96. The fourth-order valence-corrected chi connectivity index (χ4v) is 5.27. The molecule has 1 heterocycles. The molecule has 7 heteroatoms. The van der Waals surface area contributed by atoms with E-state index in [4.69, 9.17) is 25.8 Å². The third kappa shape index (κ3) is 3.85. The van der Waals surface area contributed by atoms with Crippen LogP contribution in [0.2, 0.25) is 5.02 Å². The number of carbonyl (C=O) groups is 2. The van der Waals surface area contributed by atoms with Gasteiger partial charge in [0.2, 0.25) is 0 Å². The quantitative estimate of drug-likeness (QED) is 0.700. The van der Waals surface area contributed by atoms with E-state index in [-0.39, 0.29) is 29.3 Å². The highest BCUT2D eigenvalue weighted by Crippen LogP contribution is 2.69. The lowest BCUT2D eigenvalue weighted by molar-refractivity contribution is -0.162. The van der Waals surface area contributed by atoms with Gasteiger partial charge in [-0.3, -0.25) is 9.59 Å². The van der Waals surface area contributed by atoms with Crippen molar-refractivity contribution in [3.05, 3.63) is 52.5 Å². The number of ether oxygens (including phenoxy) is 3. The Kier molecular flexibility index (Phi) is 4.85.